The van der Waals surface area contributed by atoms with Crippen molar-refractivity contribution in [2.75, 3.05) is 26.2 Å². The second-order valence-electron chi connectivity index (χ2n) is 8.77. The Balaban J connectivity index is 1.41. The van der Waals surface area contributed by atoms with Crippen molar-refractivity contribution in [3.8, 4) is 34.1 Å². The molecule has 4 nitrogen and oxygen atoms in total. The molecule has 0 bridgehead atoms. The van der Waals surface area contributed by atoms with Crippen molar-refractivity contribution in [2.45, 2.75) is 19.3 Å². The number of rotatable bonds is 7. The lowest BCUT2D eigenvalue weighted by Gasteiger charge is -2.26. The number of halogens is 2. The summed E-state index contributed by atoms with van der Waals surface area (Å²) in [4.78, 5) is 2.42. The Hall–Kier alpha value is -3.64. The molecule has 4 aromatic rings. The van der Waals surface area contributed by atoms with E-state index in [9.17, 15) is 13.9 Å². The molecule has 0 aliphatic carbocycles. The first-order valence-corrected chi connectivity index (χ1v) is 11.9. The van der Waals surface area contributed by atoms with Gasteiger partial charge in [0.1, 0.15) is 41.2 Å². The summed E-state index contributed by atoms with van der Waals surface area (Å²) in [6, 6.07) is 19.1. The quantitative estimate of drug-likeness (QED) is 0.308. The van der Waals surface area contributed by atoms with Crippen LogP contribution in [0.2, 0.25) is 0 Å². The number of aromatic hydroxyl groups is 1. The van der Waals surface area contributed by atoms with Crippen LogP contribution in [-0.2, 0) is 0 Å². The summed E-state index contributed by atoms with van der Waals surface area (Å²) in [7, 11) is 0. The van der Waals surface area contributed by atoms with E-state index in [1.165, 1.54) is 43.5 Å². The summed E-state index contributed by atoms with van der Waals surface area (Å²) in [6.07, 6.45) is 3.80. The van der Waals surface area contributed by atoms with E-state index in [0.717, 1.165) is 25.4 Å². The molecule has 0 unspecified atom stereocenters. The number of phenols is 1. The maximum absolute atomic E-state index is 14.7. The van der Waals surface area contributed by atoms with Gasteiger partial charge in [-0.05, 0) is 92.0 Å². The Morgan fingerprint density at radius 1 is 0.800 bits per heavy atom. The van der Waals surface area contributed by atoms with Crippen molar-refractivity contribution in [2.24, 2.45) is 0 Å². The lowest BCUT2D eigenvalue weighted by Crippen LogP contribution is -2.33. The Labute approximate surface area is 203 Å². The molecule has 180 valence electrons. The van der Waals surface area contributed by atoms with Gasteiger partial charge in [-0.25, -0.2) is 8.78 Å². The third-order valence-electron chi connectivity index (χ3n) is 6.35. The molecule has 5 rings (SSSR count). The molecule has 0 atom stereocenters. The fourth-order valence-electron chi connectivity index (χ4n) is 4.55. The zero-order valence-electron chi connectivity index (χ0n) is 19.3. The standard InChI is InChI=1S/C29H27F2NO3/c30-26-5-4-6-27(31)28(26)25-13-7-20-19-21(33)8-14-24(20)29(25)35-23-11-9-22(10-12-23)34-18-17-32-15-2-1-3-16-32/h4-14,19,33H,1-3,15-18H2. The van der Waals surface area contributed by atoms with Crippen LogP contribution in [0.15, 0.2) is 72.8 Å². The average molecular weight is 476 g/mol. The van der Waals surface area contributed by atoms with Gasteiger partial charge in [0, 0.05) is 17.5 Å². The van der Waals surface area contributed by atoms with Crippen LogP contribution < -0.4 is 9.47 Å². The summed E-state index contributed by atoms with van der Waals surface area (Å²) in [5.74, 6) is 0.296. The Morgan fingerprint density at radius 3 is 2.26 bits per heavy atom. The Bertz CT molecular complexity index is 1300. The van der Waals surface area contributed by atoms with Gasteiger partial charge in [0.15, 0.2) is 0 Å². The van der Waals surface area contributed by atoms with Gasteiger partial charge in [-0.15, -0.1) is 0 Å². The van der Waals surface area contributed by atoms with Gasteiger partial charge in [0.25, 0.3) is 0 Å². The van der Waals surface area contributed by atoms with Crippen molar-refractivity contribution in [1.29, 1.82) is 0 Å². The topological polar surface area (TPSA) is 41.9 Å². The van der Waals surface area contributed by atoms with Crippen LogP contribution in [0.4, 0.5) is 8.78 Å². The normalized spacial score (nSPS) is 14.2. The number of phenolic OH excluding ortho intramolecular Hbond substituents is 1. The van der Waals surface area contributed by atoms with E-state index in [1.807, 2.05) is 12.1 Å². The van der Waals surface area contributed by atoms with Crippen molar-refractivity contribution >= 4 is 10.8 Å². The average Bonchev–Trinajstić information content (AvgIpc) is 2.86. The molecule has 1 aliphatic heterocycles. The summed E-state index contributed by atoms with van der Waals surface area (Å²) in [5, 5.41) is 11.2. The maximum Gasteiger partial charge on any atom is 0.143 e. The van der Waals surface area contributed by atoms with Crippen LogP contribution in [0.5, 0.6) is 23.0 Å². The molecule has 0 spiro atoms. The van der Waals surface area contributed by atoms with Crippen molar-refractivity contribution in [1.82, 2.24) is 4.90 Å². The monoisotopic (exact) mass is 475 g/mol. The molecular weight excluding hydrogens is 448 g/mol. The second-order valence-corrected chi connectivity index (χ2v) is 8.77. The van der Waals surface area contributed by atoms with Crippen LogP contribution in [0.25, 0.3) is 21.9 Å². The van der Waals surface area contributed by atoms with Gasteiger partial charge in [-0.3, -0.25) is 4.90 Å². The van der Waals surface area contributed by atoms with Crippen molar-refractivity contribution < 1.29 is 23.4 Å². The van der Waals surface area contributed by atoms with Crippen LogP contribution in [0.1, 0.15) is 19.3 Å². The van der Waals surface area contributed by atoms with E-state index >= 15 is 0 Å². The Morgan fingerprint density at radius 2 is 1.51 bits per heavy atom. The molecule has 0 amide bonds. The molecule has 1 aliphatic rings. The molecule has 4 aromatic carbocycles. The second kappa shape index (κ2) is 10.3. The van der Waals surface area contributed by atoms with Crippen molar-refractivity contribution in [3.63, 3.8) is 0 Å². The fraction of sp³-hybridized carbons (Fsp3) is 0.241. The predicted octanol–water partition coefficient (Wildman–Crippen LogP) is 7.15. The minimum absolute atomic E-state index is 0.0966. The van der Waals surface area contributed by atoms with E-state index < -0.39 is 11.6 Å². The smallest absolute Gasteiger partial charge is 0.143 e. The number of hydrogen-bond donors (Lipinski definition) is 1. The van der Waals surface area contributed by atoms with Gasteiger partial charge >= 0.3 is 0 Å². The first kappa shape index (κ1) is 23.1. The predicted molar refractivity (Wildman–Crippen MR) is 133 cm³/mol. The van der Waals surface area contributed by atoms with E-state index in [-0.39, 0.29) is 11.3 Å². The molecule has 0 aromatic heterocycles. The number of ether oxygens (including phenoxy) is 2. The largest absolute Gasteiger partial charge is 0.508 e. The molecule has 1 heterocycles. The lowest BCUT2D eigenvalue weighted by atomic mass is 9.98. The third-order valence-corrected chi connectivity index (χ3v) is 6.35. The zero-order chi connectivity index (χ0) is 24.2. The lowest BCUT2D eigenvalue weighted by molar-refractivity contribution is 0.183. The fourth-order valence-corrected chi connectivity index (χ4v) is 4.55. The van der Waals surface area contributed by atoms with Crippen LogP contribution in [0, 0.1) is 11.6 Å². The van der Waals surface area contributed by atoms with Gasteiger partial charge in [0.05, 0.1) is 5.56 Å². The number of piperidine rings is 1. The van der Waals surface area contributed by atoms with Crippen LogP contribution in [0.3, 0.4) is 0 Å². The molecule has 35 heavy (non-hydrogen) atoms. The number of nitrogens with zero attached hydrogens (tertiary/aromatic N) is 1. The zero-order valence-corrected chi connectivity index (χ0v) is 19.3. The molecule has 1 saturated heterocycles. The minimum atomic E-state index is -0.676. The SMILES string of the molecule is Oc1ccc2c(Oc3ccc(OCCN4CCCCC4)cc3)c(-c3c(F)cccc3F)ccc2c1. The van der Waals surface area contributed by atoms with Gasteiger partial charge < -0.3 is 14.6 Å². The molecule has 1 N–H and O–H groups in total. The molecule has 1 fully saturated rings. The van der Waals surface area contributed by atoms with Crippen LogP contribution in [-0.4, -0.2) is 36.2 Å². The van der Waals surface area contributed by atoms with Crippen molar-refractivity contribution in [3.05, 3.63) is 84.4 Å². The number of fused-ring (bicyclic) bond motifs is 1. The highest BCUT2D eigenvalue weighted by Crippen LogP contribution is 2.42. The maximum atomic E-state index is 14.7. The highest BCUT2D eigenvalue weighted by molar-refractivity contribution is 5.96. The van der Waals surface area contributed by atoms with E-state index in [4.69, 9.17) is 9.47 Å². The third kappa shape index (κ3) is 5.23. The van der Waals surface area contributed by atoms with E-state index in [2.05, 4.69) is 4.90 Å². The summed E-state index contributed by atoms with van der Waals surface area (Å²) < 4.78 is 41.4. The first-order chi connectivity index (χ1) is 17.1. The Kier molecular flexibility index (Phi) is 6.82. The van der Waals surface area contributed by atoms with E-state index in [1.54, 1.807) is 36.4 Å². The summed E-state index contributed by atoms with van der Waals surface area (Å²) >= 11 is 0. The highest BCUT2D eigenvalue weighted by Gasteiger charge is 2.19. The molecule has 6 heteroatoms. The first-order valence-electron chi connectivity index (χ1n) is 11.9. The molecule has 0 saturated carbocycles. The summed E-state index contributed by atoms with van der Waals surface area (Å²) in [5.41, 5.74) is 0.135. The number of likely N-dealkylation sites (tertiary alicyclic amines) is 1. The van der Waals surface area contributed by atoms with Gasteiger partial charge in [0.2, 0.25) is 0 Å². The molecule has 0 radical (unpaired) electrons. The highest BCUT2D eigenvalue weighted by atomic mass is 19.1. The van der Waals surface area contributed by atoms with E-state index in [0.29, 0.717) is 34.4 Å². The minimum Gasteiger partial charge on any atom is -0.508 e. The van der Waals surface area contributed by atoms with Gasteiger partial charge in [-0.2, -0.15) is 0 Å². The number of hydrogen-bond acceptors (Lipinski definition) is 4. The number of benzene rings is 4. The molecular formula is C29H27F2NO3. The van der Waals surface area contributed by atoms with Gasteiger partial charge in [-0.1, -0.05) is 18.6 Å². The van der Waals surface area contributed by atoms with Crippen LogP contribution >= 0.6 is 0 Å². The summed E-state index contributed by atoms with van der Waals surface area (Å²) in [6.45, 7) is 3.77.